The number of aromatic nitrogens is 2. The van der Waals surface area contributed by atoms with Crippen LogP contribution in [0.4, 0.5) is 11.5 Å². The van der Waals surface area contributed by atoms with Crippen LogP contribution in [0.2, 0.25) is 0 Å². The molecular weight excluding hydrogens is 378 g/mol. The fourth-order valence-electron chi connectivity index (χ4n) is 2.93. The second kappa shape index (κ2) is 7.94. The van der Waals surface area contributed by atoms with Crippen LogP contribution in [0.15, 0.2) is 54.2 Å². The smallest absolute Gasteiger partial charge is 0.143 e. The van der Waals surface area contributed by atoms with E-state index < -0.39 is 0 Å². The molecule has 2 aromatic carbocycles. The van der Waals surface area contributed by atoms with Crippen LogP contribution in [-0.2, 0) is 0 Å². The number of thiophene rings is 1. The first kappa shape index (κ1) is 19.1. The summed E-state index contributed by atoms with van der Waals surface area (Å²) in [6.45, 7) is 4.27. The third-order valence-corrected chi connectivity index (χ3v) is 5.41. The maximum atomic E-state index is 5.31. The molecule has 0 aliphatic rings. The van der Waals surface area contributed by atoms with Gasteiger partial charge in [0.25, 0.3) is 0 Å². The van der Waals surface area contributed by atoms with Gasteiger partial charge in [-0.25, -0.2) is 9.97 Å². The number of hydrogen-bond donors (Lipinski definition) is 1. The summed E-state index contributed by atoms with van der Waals surface area (Å²) in [6, 6.07) is 14.4. The summed E-state index contributed by atoms with van der Waals surface area (Å²) in [5.41, 5.74) is 5.84. The molecule has 4 aromatic rings. The molecule has 0 unspecified atom stereocenters. The molecule has 0 atom stereocenters. The summed E-state index contributed by atoms with van der Waals surface area (Å²) in [5, 5.41) is 6.62. The molecule has 0 aliphatic carbocycles. The van der Waals surface area contributed by atoms with E-state index in [9.17, 15) is 0 Å². The van der Waals surface area contributed by atoms with Crippen molar-refractivity contribution in [3.05, 3.63) is 65.3 Å². The fourth-order valence-corrected chi connectivity index (χ4v) is 3.84. The monoisotopic (exact) mass is 397 g/mol. The minimum Gasteiger partial charge on any atom is -0.497 e. The van der Waals surface area contributed by atoms with E-state index >= 15 is 0 Å². The van der Waals surface area contributed by atoms with Gasteiger partial charge in [-0.2, -0.15) is 0 Å². The number of aryl methyl sites for hydroxylation is 2. The summed E-state index contributed by atoms with van der Waals surface area (Å²) in [4.78, 5) is 9.92. The molecule has 0 fully saturated rings. The predicted molar refractivity (Wildman–Crippen MR) is 116 cm³/mol. The fraction of sp³-hybridized carbons (Fsp3) is 0.143. The van der Waals surface area contributed by atoms with E-state index in [4.69, 9.17) is 4.74 Å². The molecule has 0 radical (unpaired) electrons. The average Bonchev–Trinajstić information content (AvgIpc) is 3.09. The number of fused-ring (bicyclic) bond motifs is 1. The van der Waals surface area contributed by atoms with Gasteiger partial charge in [-0.05, 0) is 42.7 Å². The van der Waals surface area contributed by atoms with E-state index in [0.29, 0.717) is 0 Å². The van der Waals surface area contributed by atoms with E-state index in [1.165, 1.54) is 16.7 Å². The van der Waals surface area contributed by atoms with Gasteiger partial charge in [-0.3, -0.25) is 0 Å². The predicted octanol–water partition coefficient (Wildman–Crippen LogP) is 6.15. The van der Waals surface area contributed by atoms with E-state index in [1.54, 1.807) is 24.8 Å². The lowest BCUT2D eigenvalue weighted by atomic mass is 10.0. The Hall–Kier alpha value is -2.63. The normalized spacial score (nSPS) is 10.5. The van der Waals surface area contributed by atoms with Crippen molar-refractivity contribution in [2.24, 2.45) is 0 Å². The molecule has 2 aromatic heterocycles. The minimum atomic E-state index is 0. The first-order valence-corrected chi connectivity index (χ1v) is 9.24. The average molecular weight is 398 g/mol. The summed E-state index contributed by atoms with van der Waals surface area (Å²) in [6.07, 6.45) is 1.60. The summed E-state index contributed by atoms with van der Waals surface area (Å²) in [5.74, 6) is 1.61. The largest absolute Gasteiger partial charge is 0.497 e. The highest BCUT2D eigenvalue weighted by Gasteiger charge is 2.14. The Bertz CT molecular complexity index is 1090. The van der Waals surface area contributed by atoms with Gasteiger partial charge in [0.05, 0.1) is 12.5 Å². The Morgan fingerprint density at radius 2 is 1.85 bits per heavy atom. The van der Waals surface area contributed by atoms with Gasteiger partial charge in [0.2, 0.25) is 0 Å². The Labute approximate surface area is 168 Å². The van der Waals surface area contributed by atoms with Crippen molar-refractivity contribution >= 4 is 45.5 Å². The van der Waals surface area contributed by atoms with Gasteiger partial charge in [0.15, 0.2) is 0 Å². The number of hydrogen-bond acceptors (Lipinski definition) is 5. The van der Waals surface area contributed by atoms with Gasteiger partial charge in [0.1, 0.15) is 22.7 Å². The molecule has 0 bridgehead atoms. The maximum Gasteiger partial charge on any atom is 0.143 e. The third kappa shape index (κ3) is 3.75. The van der Waals surface area contributed by atoms with Crippen molar-refractivity contribution in [2.45, 2.75) is 13.8 Å². The number of methoxy groups -OCH3 is 1. The second-order valence-corrected chi connectivity index (χ2v) is 7.07. The highest BCUT2D eigenvalue weighted by atomic mass is 35.5. The quantitative estimate of drug-likeness (QED) is 0.448. The molecule has 0 spiro atoms. The molecule has 0 amide bonds. The minimum absolute atomic E-state index is 0. The standard InChI is InChI=1S/C21H19N3OS.ClH/c1-13-7-8-15(9-14(13)2)18-11-26-21-19(18)20(22-12-23-21)24-16-5-4-6-17(10-16)25-3;/h4-12H,1-3H3,(H,22,23,24);1H. The van der Waals surface area contributed by atoms with E-state index in [0.717, 1.165) is 33.0 Å². The van der Waals surface area contributed by atoms with Gasteiger partial charge in [0, 0.05) is 22.7 Å². The molecule has 27 heavy (non-hydrogen) atoms. The Morgan fingerprint density at radius 3 is 2.63 bits per heavy atom. The van der Waals surface area contributed by atoms with E-state index in [-0.39, 0.29) is 12.4 Å². The highest BCUT2D eigenvalue weighted by molar-refractivity contribution is 7.17. The van der Waals surface area contributed by atoms with Crippen LogP contribution in [0.5, 0.6) is 5.75 Å². The zero-order chi connectivity index (χ0) is 18.1. The van der Waals surface area contributed by atoms with Crippen LogP contribution in [0.1, 0.15) is 11.1 Å². The van der Waals surface area contributed by atoms with Gasteiger partial charge < -0.3 is 10.1 Å². The zero-order valence-electron chi connectivity index (χ0n) is 15.3. The van der Waals surface area contributed by atoms with Crippen LogP contribution in [0.3, 0.4) is 0 Å². The molecule has 0 aliphatic heterocycles. The molecule has 2 heterocycles. The number of nitrogens with one attached hydrogen (secondary N) is 1. The molecule has 0 saturated heterocycles. The van der Waals surface area contributed by atoms with Crippen molar-refractivity contribution in [3.63, 3.8) is 0 Å². The van der Waals surface area contributed by atoms with Gasteiger partial charge in [-0.1, -0.05) is 24.3 Å². The van der Waals surface area contributed by atoms with Crippen LogP contribution >= 0.6 is 23.7 Å². The van der Waals surface area contributed by atoms with Crippen molar-refractivity contribution in [3.8, 4) is 16.9 Å². The lowest BCUT2D eigenvalue weighted by Gasteiger charge is -2.10. The Morgan fingerprint density at radius 1 is 1.00 bits per heavy atom. The summed E-state index contributed by atoms with van der Waals surface area (Å²) in [7, 11) is 1.67. The van der Waals surface area contributed by atoms with E-state index in [2.05, 4.69) is 52.7 Å². The first-order valence-electron chi connectivity index (χ1n) is 8.36. The first-order chi connectivity index (χ1) is 12.7. The Balaban J connectivity index is 0.00000210. The Kier molecular flexibility index (Phi) is 5.63. The molecule has 0 saturated carbocycles. The molecule has 6 heteroatoms. The third-order valence-electron chi connectivity index (χ3n) is 4.52. The van der Waals surface area contributed by atoms with Crippen LogP contribution in [0.25, 0.3) is 21.3 Å². The van der Waals surface area contributed by atoms with Crippen molar-refractivity contribution < 1.29 is 4.74 Å². The van der Waals surface area contributed by atoms with E-state index in [1.807, 2.05) is 24.3 Å². The lowest BCUT2D eigenvalue weighted by molar-refractivity contribution is 0.415. The number of benzene rings is 2. The maximum absolute atomic E-state index is 5.31. The lowest BCUT2D eigenvalue weighted by Crippen LogP contribution is -1.96. The van der Waals surface area contributed by atoms with Crippen molar-refractivity contribution in [1.29, 1.82) is 0 Å². The molecule has 4 rings (SSSR count). The number of ether oxygens (including phenoxy) is 1. The molecular formula is C21H20ClN3OS. The topological polar surface area (TPSA) is 47.0 Å². The number of nitrogens with zero attached hydrogens (tertiary/aromatic N) is 2. The molecule has 1 N–H and O–H groups in total. The molecule has 138 valence electrons. The van der Waals surface area contributed by atoms with Crippen LogP contribution in [-0.4, -0.2) is 17.1 Å². The van der Waals surface area contributed by atoms with Gasteiger partial charge in [-0.15, -0.1) is 23.7 Å². The number of rotatable bonds is 4. The second-order valence-electron chi connectivity index (χ2n) is 6.21. The highest BCUT2D eigenvalue weighted by Crippen LogP contribution is 2.38. The van der Waals surface area contributed by atoms with Gasteiger partial charge >= 0.3 is 0 Å². The van der Waals surface area contributed by atoms with Crippen molar-refractivity contribution in [1.82, 2.24) is 9.97 Å². The molecule has 4 nitrogen and oxygen atoms in total. The van der Waals surface area contributed by atoms with Crippen LogP contribution in [0, 0.1) is 13.8 Å². The van der Waals surface area contributed by atoms with Crippen molar-refractivity contribution in [2.75, 3.05) is 12.4 Å². The zero-order valence-corrected chi connectivity index (χ0v) is 16.9. The SMILES string of the molecule is COc1cccc(Nc2ncnc3scc(-c4ccc(C)c(C)c4)c23)c1.Cl. The van der Waals surface area contributed by atoms with Crippen LogP contribution < -0.4 is 10.1 Å². The summed E-state index contributed by atoms with van der Waals surface area (Å²) < 4.78 is 5.31. The number of anilines is 2. The number of halogens is 1. The summed E-state index contributed by atoms with van der Waals surface area (Å²) >= 11 is 1.64.